The molecule has 0 N–H and O–H groups in total. The molecule has 0 radical (unpaired) electrons. The van der Waals surface area contributed by atoms with Crippen LogP contribution >= 0.6 is 0 Å². The Balaban J connectivity index is 1.34. The average molecular weight is 362 g/mol. The first kappa shape index (κ1) is 17.5. The highest BCUT2D eigenvalue weighted by Gasteiger charge is 2.65. The van der Waals surface area contributed by atoms with Gasteiger partial charge in [-0.2, -0.15) is 0 Å². The zero-order valence-corrected chi connectivity index (χ0v) is 16.8. The van der Waals surface area contributed by atoms with E-state index in [4.69, 9.17) is 9.47 Å². The van der Waals surface area contributed by atoms with Gasteiger partial charge in [-0.05, 0) is 68.2 Å². The van der Waals surface area contributed by atoms with Gasteiger partial charge in [0.2, 0.25) is 0 Å². The highest BCUT2D eigenvalue weighted by atomic mass is 16.6. The minimum absolute atomic E-state index is 0.0798. The van der Waals surface area contributed by atoms with Gasteiger partial charge in [0.05, 0.1) is 18.1 Å². The molecule has 3 saturated heterocycles. The number of likely N-dealkylation sites (tertiary alicyclic amines) is 1. The van der Waals surface area contributed by atoms with E-state index in [0.29, 0.717) is 22.7 Å². The molecule has 2 saturated carbocycles. The lowest BCUT2D eigenvalue weighted by Crippen LogP contribution is -2.51. The van der Waals surface area contributed by atoms with E-state index in [2.05, 4.69) is 25.7 Å². The van der Waals surface area contributed by atoms with Gasteiger partial charge in [-0.15, -0.1) is 0 Å². The van der Waals surface area contributed by atoms with Crippen LogP contribution in [0.2, 0.25) is 0 Å². The summed E-state index contributed by atoms with van der Waals surface area (Å²) in [6.45, 7) is 11.3. The summed E-state index contributed by atoms with van der Waals surface area (Å²) >= 11 is 0. The molecule has 3 aliphatic heterocycles. The molecule has 1 spiro atoms. The number of fused-ring (bicyclic) bond motifs is 3. The Kier molecular flexibility index (Phi) is 3.83. The number of piperidine rings is 1. The van der Waals surface area contributed by atoms with Gasteiger partial charge >= 0.3 is 5.97 Å². The normalized spacial score (nSPS) is 50.2. The van der Waals surface area contributed by atoms with Gasteiger partial charge in [0.15, 0.2) is 0 Å². The Morgan fingerprint density at radius 1 is 1.15 bits per heavy atom. The largest absolute Gasteiger partial charge is 0.462 e. The number of rotatable bonds is 2. The average Bonchev–Trinajstić information content (AvgIpc) is 3.25. The Morgan fingerprint density at radius 3 is 2.69 bits per heavy atom. The van der Waals surface area contributed by atoms with Gasteiger partial charge in [0.25, 0.3) is 0 Å². The number of hydrogen-bond donors (Lipinski definition) is 0. The van der Waals surface area contributed by atoms with E-state index in [1.54, 1.807) is 0 Å². The summed E-state index contributed by atoms with van der Waals surface area (Å²) in [5, 5.41) is 0. The predicted molar refractivity (Wildman–Crippen MR) is 99.7 cm³/mol. The van der Waals surface area contributed by atoms with Gasteiger partial charge < -0.3 is 14.4 Å². The van der Waals surface area contributed by atoms with Gasteiger partial charge in [-0.3, -0.25) is 4.79 Å². The number of nitrogens with zero attached hydrogens (tertiary/aromatic N) is 1. The monoisotopic (exact) mass is 361 g/mol. The van der Waals surface area contributed by atoms with Crippen molar-refractivity contribution in [2.45, 2.75) is 77.4 Å². The van der Waals surface area contributed by atoms with E-state index in [1.165, 1.54) is 32.1 Å². The maximum Gasteiger partial charge on any atom is 0.310 e. The Hall–Kier alpha value is -0.610. The van der Waals surface area contributed by atoms with Crippen LogP contribution < -0.4 is 0 Å². The van der Waals surface area contributed by atoms with Crippen molar-refractivity contribution < 1.29 is 14.3 Å². The SMILES string of the molecule is CC1(C)CCCN(CC2C(=O)OC3CC4(C)CCCC5(CO5)C4CC32)C1. The number of epoxide rings is 1. The first-order valence-corrected chi connectivity index (χ1v) is 10.9. The summed E-state index contributed by atoms with van der Waals surface area (Å²) in [5.74, 6) is 1.19. The topological polar surface area (TPSA) is 42.1 Å². The van der Waals surface area contributed by atoms with Crippen molar-refractivity contribution in [3.63, 3.8) is 0 Å². The molecule has 146 valence electrons. The molecule has 3 heterocycles. The lowest BCUT2D eigenvalue weighted by atomic mass is 9.53. The second-order valence-electron chi connectivity index (χ2n) is 11.1. The van der Waals surface area contributed by atoms with Gasteiger partial charge in [-0.1, -0.05) is 20.8 Å². The lowest BCUT2D eigenvalue weighted by molar-refractivity contribution is -0.147. The molecule has 6 atom stereocenters. The summed E-state index contributed by atoms with van der Waals surface area (Å²) < 4.78 is 12.0. The van der Waals surface area contributed by atoms with E-state index in [-0.39, 0.29) is 23.6 Å². The van der Waals surface area contributed by atoms with Crippen LogP contribution in [-0.4, -0.2) is 48.8 Å². The van der Waals surface area contributed by atoms with Crippen LogP contribution in [0.25, 0.3) is 0 Å². The molecule has 6 unspecified atom stereocenters. The molecule has 5 rings (SSSR count). The van der Waals surface area contributed by atoms with Crippen LogP contribution in [0.4, 0.5) is 0 Å². The minimum atomic E-state index is 0.0798. The molecule has 4 heteroatoms. The number of carbonyl (C=O) groups excluding carboxylic acids is 1. The van der Waals surface area contributed by atoms with Crippen molar-refractivity contribution in [3.05, 3.63) is 0 Å². The summed E-state index contributed by atoms with van der Waals surface area (Å²) in [7, 11) is 0. The minimum Gasteiger partial charge on any atom is -0.462 e. The quantitative estimate of drug-likeness (QED) is 0.556. The molecule has 2 aliphatic carbocycles. The van der Waals surface area contributed by atoms with Gasteiger partial charge in [0, 0.05) is 19.0 Å². The van der Waals surface area contributed by atoms with Crippen LogP contribution in [0.3, 0.4) is 0 Å². The Labute approximate surface area is 158 Å². The van der Waals surface area contributed by atoms with Crippen molar-refractivity contribution in [1.29, 1.82) is 0 Å². The summed E-state index contributed by atoms with van der Waals surface area (Å²) in [6, 6.07) is 0. The predicted octanol–water partition coefficient (Wildman–Crippen LogP) is 3.64. The fraction of sp³-hybridized carbons (Fsp3) is 0.955. The van der Waals surface area contributed by atoms with Crippen LogP contribution in [0.15, 0.2) is 0 Å². The Morgan fingerprint density at radius 2 is 1.96 bits per heavy atom. The number of hydrogen-bond acceptors (Lipinski definition) is 4. The third-order valence-electron chi connectivity index (χ3n) is 8.51. The zero-order valence-electron chi connectivity index (χ0n) is 16.8. The van der Waals surface area contributed by atoms with E-state index in [1.807, 2.05) is 0 Å². The lowest BCUT2D eigenvalue weighted by Gasteiger charge is -2.51. The second kappa shape index (κ2) is 5.70. The Bertz CT molecular complexity index is 598. The summed E-state index contributed by atoms with van der Waals surface area (Å²) in [5.41, 5.74) is 0.833. The molecule has 5 aliphatic rings. The molecular weight excluding hydrogens is 326 g/mol. The molecule has 0 aromatic rings. The molecular formula is C22H35NO3. The molecule has 5 fully saturated rings. The molecule has 4 nitrogen and oxygen atoms in total. The zero-order chi connectivity index (χ0) is 18.2. The molecule has 0 aromatic heterocycles. The highest BCUT2D eigenvalue weighted by Crippen LogP contribution is 2.62. The van der Waals surface area contributed by atoms with Crippen molar-refractivity contribution in [2.75, 3.05) is 26.2 Å². The number of carbonyl (C=O) groups is 1. The second-order valence-corrected chi connectivity index (χ2v) is 11.1. The first-order valence-electron chi connectivity index (χ1n) is 10.9. The van der Waals surface area contributed by atoms with Crippen LogP contribution in [0.5, 0.6) is 0 Å². The molecule has 0 bridgehead atoms. The van der Waals surface area contributed by atoms with Crippen LogP contribution in [-0.2, 0) is 14.3 Å². The van der Waals surface area contributed by atoms with Crippen molar-refractivity contribution in [1.82, 2.24) is 4.90 Å². The molecule has 0 aromatic carbocycles. The standard InChI is InChI=1S/C22H35NO3/c1-20(2)6-5-9-23(13-20)12-16-15-10-18-21(3,11-17(15)26-19(16)24)7-4-8-22(18)14-25-22/h15-18H,4-14H2,1-3H3. The van der Waals surface area contributed by atoms with E-state index < -0.39 is 0 Å². The van der Waals surface area contributed by atoms with Crippen molar-refractivity contribution >= 4 is 5.97 Å². The van der Waals surface area contributed by atoms with Crippen LogP contribution in [0.1, 0.15) is 65.7 Å². The third-order valence-corrected chi connectivity index (χ3v) is 8.51. The molecule has 26 heavy (non-hydrogen) atoms. The van der Waals surface area contributed by atoms with Crippen molar-refractivity contribution in [2.24, 2.45) is 28.6 Å². The third kappa shape index (κ3) is 2.74. The summed E-state index contributed by atoms with van der Waals surface area (Å²) in [6.07, 6.45) is 8.66. The fourth-order valence-electron chi connectivity index (χ4n) is 7.14. The first-order chi connectivity index (χ1) is 12.3. The highest BCUT2D eigenvalue weighted by molar-refractivity contribution is 5.75. The van der Waals surface area contributed by atoms with E-state index >= 15 is 0 Å². The maximum absolute atomic E-state index is 12.8. The van der Waals surface area contributed by atoms with Gasteiger partial charge in [-0.25, -0.2) is 0 Å². The number of ether oxygens (including phenoxy) is 2. The van der Waals surface area contributed by atoms with Crippen molar-refractivity contribution in [3.8, 4) is 0 Å². The van der Waals surface area contributed by atoms with Crippen LogP contribution in [0, 0.1) is 28.6 Å². The summed E-state index contributed by atoms with van der Waals surface area (Å²) in [4.78, 5) is 15.3. The number of esters is 1. The maximum atomic E-state index is 12.8. The molecule has 0 amide bonds. The smallest absolute Gasteiger partial charge is 0.310 e. The van der Waals surface area contributed by atoms with E-state index in [0.717, 1.165) is 39.1 Å². The fourth-order valence-corrected chi connectivity index (χ4v) is 7.14. The van der Waals surface area contributed by atoms with Gasteiger partial charge in [0.1, 0.15) is 6.10 Å². The van der Waals surface area contributed by atoms with E-state index in [9.17, 15) is 4.79 Å².